The molecular formula is C22H24ClFN2O3. The van der Waals surface area contributed by atoms with Crippen LogP contribution in [-0.2, 0) is 11.4 Å². The van der Waals surface area contributed by atoms with Crippen molar-refractivity contribution < 1.29 is 19.1 Å². The predicted molar refractivity (Wildman–Crippen MR) is 109 cm³/mol. The number of nitrogens with one attached hydrogen (secondary N) is 1. The summed E-state index contributed by atoms with van der Waals surface area (Å²) in [5.74, 6) is -1.37. The number of amides is 1. The molecule has 1 amide bonds. The molecule has 154 valence electrons. The first-order chi connectivity index (χ1) is 13.8. The molecule has 0 spiro atoms. The van der Waals surface area contributed by atoms with Gasteiger partial charge >= 0.3 is 0 Å². The largest absolute Gasteiger partial charge is 0.392 e. The van der Waals surface area contributed by atoms with E-state index in [1.807, 2.05) is 6.92 Å². The second-order valence-electron chi connectivity index (χ2n) is 7.56. The Morgan fingerprint density at radius 1 is 1.24 bits per heavy atom. The van der Waals surface area contributed by atoms with Gasteiger partial charge in [0.2, 0.25) is 5.91 Å². The van der Waals surface area contributed by atoms with Crippen molar-refractivity contribution >= 4 is 23.3 Å². The van der Waals surface area contributed by atoms with Crippen LogP contribution in [0.25, 0.3) is 0 Å². The molecule has 29 heavy (non-hydrogen) atoms. The van der Waals surface area contributed by atoms with Gasteiger partial charge in [0, 0.05) is 29.6 Å². The van der Waals surface area contributed by atoms with Gasteiger partial charge in [-0.15, -0.1) is 0 Å². The van der Waals surface area contributed by atoms with Crippen molar-refractivity contribution in [3.63, 3.8) is 0 Å². The zero-order valence-electron chi connectivity index (χ0n) is 16.1. The van der Waals surface area contributed by atoms with Crippen molar-refractivity contribution in [1.82, 2.24) is 5.32 Å². The van der Waals surface area contributed by atoms with Gasteiger partial charge in [-0.05, 0) is 37.3 Å². The predicted octanol–water partition coefficient (Wildman–Crippen LogP) is 3.51. The van der Waals surface area contributed by atoms with Crippen molar-refractivity contribution in [1.29, 1.82) is 0 Å². The van der Waals surface area contributed by atoms with Crippen LogP contribution >= 0.6 is 11.6 Å². The van der Waals surface area contributed by atoms with Gasteiger partial charge in [0.05, 0.1) is 17.2 Å². The number of ketones is 1. The molecule has 2 atom stereocenters. The fraction of sp³-hybridized carbons (Fsp3) is 0.364. The van der Waals surface area contributed by atoms with Crippen molar-refractivity contribution in [2.45, 2.75) is 44.9 Å². The molecule has 3 rings (SSSR count). The van der Waals surface area contributed by atoms with Crippen molar-refractivity contribution in [2.75, 3.05) is 0 Å². The maximum Gasteiger partial charge on any atom is 0.218 e. The Balaban J connectivity index is 1.94. The van der Waals surface area contributed by atoms with Crippen LogP contribution in [-0.4, -0.2) is 22.8 Å². The van der Waals surface area contributed by atoms with E-state index < -0.39 is 17.5 Å². The second kappa shape index (κ2) is 9.03. The van der Waals surface area contributed by atoms with E-state index in [0.29, 0.717) is 11.1 Å². The van der Waals surface area contributed by atoms with E-state index in [9.17, 15) is 9.59 Å². The summed E-state index contributed by atoms with van der Waals surface area (Å²) in [6.45, 7) is 1.68. The Hall–Kier alpha value is -2.28. The maximum atomic E-state index is 15.5. The molecule has 1 aliphatic carbocycles. The fourth-order valence-electron chi connectivity index (χ4n) is 3.50. The lowest BCUT2D eigenvalue weighted by molar-refractivity contribution is -0.118. The molecule has 0 bridgehead atoms. The molecule has 0 radical (unpaired) electrons. The average Bonchev–Trinajstić information content (AvgIpc) is 3.51. The van der Waals surface area contributed by atoms with Crippen LogP contribution < -0.4 is 11.1 Å². The average molecular weight is 419 g/mol. The molecular weight excluding hydrogens is 395 g/mol. The smallest absolute Gasteiger partial charge is 0.218 e. The number of rotatable bonds is 9. The third kappa shape index (κ3) is 5.01. The Bertz CT molecular complexity index is 913. The highest BCUT2D eigenvalue weighted by atomic mass is 35.5. The Morgan fingerprint density at radius 3 is 2.45 bits per heavy atom. The first-order valence-electron chi connectivity index (χ1n) is 9.58. The molecule has 1 unspecified atom stereocenters. The highest BCUT2D eigenvalue weighted by molar-refractivity contribution is 6.35. The minimum Gasteiger partial charge on any atom is -0.392 e. The first-order valence-corrected chi connectivity index (χ1v) is 9.96. The number of aliphatic hydroxyl groups is 1. The van der Waals surface area contributed by atoms with Crippen LogP contribution in [0, 0.1) is 11.7 Å². The molecule has 4 N–H and O–H groups in total. The number of nitrogens with two attached hydrogens (primary N) is 1. The van der Waals surface area contributed by atoms with Crippen LogP contribution in [0.4, 0.5) is 4.39 Å². The van der Waals surface area contributed by atoms with Crippen LogP contribution in [0.1, 0.15) is 59.3 Å². The molecule has 0 aliphatic heterocycles. The Labute approximate surface area is 174 Å². The summed E-state index contributed by atoms with van der Waals surface area (Å²) in [4.78, 5) is 24.1. The zero-order valence-corrected chi connectivity index (χ0v) is 16.9. The number of carbonyl (C=O) groups is 2. The highest BCUT2D eigenvalue weighted by Crippen LogP contribution is 2.43. The lowest BCUT2D eigenvalue weighted by Gasteiger charge is -2.24. The third-order valence-corrected chi connectivity index (χ3v) is 5.46. The summed E-state index contributed by atoms with van der Waals surface area (Å²) in [5, 5.41) is 12.5. The van der Waals surface area contributed by atoms with Crippen LogP contribution in [0.5, 0.6) is 0 Å². The lowest BCUT2D eigenvalue weighted by atomic mass is 9.94. The minimum atomic E-state index is -0.649. The van der Waals surface area contributed by atoms with Gasteiger partial charge < -0.3 is 16.2 Å². The summed E-state index contributed by atoms with van der Waals surface area (Å²) in [6.07, 6.45) is 2.02. The number of hydrogen-bond donors (Lipinski definition) is 3. The number of aliphatic hydroxyl groups excluding tert-OH is 1. The van der Waals surface area contributed by atoms with Gasteiger partial charge in [-0.25, -0.2) is 4.39 Å². The van der Waals surface area contributed by atoms with E-state index >= 15 is 4.39 Å². The standard InChI is InChI=1S/C22H24ClFN2O3/c1-12(10-18(25)28)26-21(14-6-7-14)16-8-9-17(23)19(20(16)24)22(29)15-4-2-13(11-27)3-5-15/h2-5,8-9,12,14,21,26-27H,6-7,10-11H2,1H3,(H2,25,28)/t12-,21?/m1/s1. The van der Waals surface area contributed by atoms with E-state index in [2.05, 4.69) is 5.32 Å². The highest BCUT2D eigenvalue weighted by Gasteiger charge is 2.36. The van der Waals surface area contributed by atoms with Crippen molar-refractivity contribution in [2.24, 2.45) is 11.7 Å². The molecule has 1 fully saturated rings. The van der Waals surface area contributed by atoms with Crippen molar-refractivity contribution in [3.8, 4) is 0 Å². The molecule has 1 saturated carbocycles. The minimum absolute atomic E-state index is 0.0437. The van der Waals surface area contributed by atoms with Crippen LogP contribution in [0.15, 0.2) is 36.4 Å². The summed E-state index contributed by atoms with van der Waals surface area (Å²) < 4.78 is 15.5. The number of carbonyl (C=O) groups excluding carboxylic acids is 2. The molecule has 0 aromatic heterocycles. The summed E-state index contributed by atoms with van der Waals surface area (Å²) in [6, 6.07) is 8.89. The zero-order chi connectivity index (χ0) is 21.1. The number of halogens is 2. The van der Waals surface area contributed by atoms with E-state index in [1.54, 1.807) is 30.3 Å². The fourth-order valence-corrected chi connectivity index (χ4v) is 3.73. The molecule has 5 nitrogen and oxygen atoms in total. The van der Waals surface area contributed by atoms with Gasteiger partial charge in [-0.2, -0.15) is 0 Å². The summed E-state index contributed by atoms with van der Waals surface area (Å²) in [7, 11) is 0. The van der Waals surface area contributed by atoms with E-state index in [-0.39, 0.29) is 47.2 Å². The molecule has 0 heterocycles. The van der Waals surface area contributed by atoms with Gasteiger partial charge in [0.1, 0.15) is 5.82 Å². The SMILES string of the molecule is C[C@H](CC(N)=O)NC(c1ccc(Cl)c(C(=O)c2ccc(CO)cc2)c1F)C1CC1. The molecule has 7 heteroatoms. The topological polar surface area (TPSA) is 92.4 Å². The van der Waals surface area contributed by atoms with Crippen LogP contribution in [0.2, 0.25) is 5.02 Å². The molecule has 2 aromatic rings. The maximum absolute atomic E-state index is 15.5. The Morgan fingerprint density at radius 2 is 1.90 bits per heavy atom. The van der Waals surface area contributed by atoms with Crippen LogP contribution in [0.3, 0.4) is 0 Å². The Kier molecular flexibility index (Phi) is 6.67. The monoisotopic (exact) mass is 418 g/mol. The quantitative estimate of drug-likeness (QED) is 0.543. The molecule has 0 saturated heterocycles. The van der Waals surface area contributed by atoms with Gasteiger partial charge in [0.15, 0.2) is 5.78 Å². The number of primary amides is 1. The summed E-state index contributed by atoms with van der Waals surface area (Å²) in [5.41, 5.74) is 6.41. The van der Waals surface area contributed by atoms with Gasteiger partial charge in [-0.1, -0.05) is 41.9 Å². The molecule has 1 aliphatic rings. The van der Waals surface area contributed by atoms with E-state index in [1.165, 1.54) is 6.07 Å². The first kappa shape index (κ1) is 21.4. The second-order valence-corrected chi connectivity index (χ2v) is 7.97. The normalized spacial score (nSPS) is 15.7. The lowest BCUT2D eigenvalue weighted by Crippen LogP contribution is -2.35. The number of benzene rings is 2. The van der Waals surface area contributed by atoms with Gasteiger partial charge in [-0.3, -0.25) is 9.59 Å². The summed E-state index contributed by atoms with van der Waals surface area (Å²) >= 11 is 6.20. The van der Waals surface area contributed by atoms with Gasteiger partial charge in [0.25, 0.3) is 0 Å². The molecule has 2 aromatic carbocycles. The van der Waals surface area contributed by atoms with E-state index in [4.69, 9.17) is 22.4 Å². The van der Waals surface area contributed by atoms with Crippen molar-refractivity contribution in [3.05, 3.63) is 69.5 Å². The number of hydrogen-bond acceptors (Lipinski definition) is 4. The third-order valence-electron chi connectivity index (χ3n) is 5.15. The van der Waals surface area contributed by atoms with E-state index in [0.717, 1.165) is 12.8 Å².